The maximum atomic E-state index is 6.01. The third-order valence-electron chi connectivity index (χ3n) is 6.59. The molecule has 2 saturated carbocycles. The summed E-state index contributed by atoms with van der Waals surface area (Å²) < 4.78 is 11.4. The van der Waals surface area contributed by atoms with Gasteiger partial charge in [0.2, 0.25) is 17.7 Å². The van der Waals surface area contributed by atoms with Crippen molar-refractivity contribution in [3.8, 4) is 11.5 Å². The molecule has 28 heavy (non-hydrogen) atoms. The Morgan fingerprint density at radius 1 is 1.07 bits per heavy atom. The molecule has 0 bridgehead atoms. The van der Waals surface area contributed by atoms with Crippen LogP contribution < -0.4 is 0 Å². The van der Waals surface area contributed by atoms with E-state index in [9.17, 15) is 0 Å². The van der Waals surface area contributed by atoms with Gasteiger partial charge in [0.05, 0.1) is 6.54 Å². The summed E-state index contributed by atoms with van der Waals surface area (Å²) in [5, 5.41) is 12.7. The first kappa shape index (κ1) is 16.4. The first-order chi connectivity index (χ1) is 13.8. The predicted molar refractivity (Wildman–Crippen MR) is 100 cm³/mol. The summed E-state index contributed by atoms with van der Waals surface area (Å²) in [6.07, 6.45) is 5.88. The molecule has 144 valence electrons. The Bertz CT molecular complexity index is 970. The van der Waals surface area contributed by atoms with Gasteiger partial charge in [-0.1, -0.05) is 23.4 Å². The minimum Gasteiger partial charge on any atom is -0.420 e. The largest absolute Gasteiger partial charge is 0.420 e. The Balaban J connectivity index is 1.07. The van der Waals surface area contributed by atoms with Gasteiger partial charge >= 0.3 is 0 Å². The minimum absolute atomic E-state index is 0.338. The lowest BCUT2D eigenvalue weighted by Crippen LogP contribution is -2.34. The van der Waals surface area contributed by atoms with Gasteiger partial charge in [0.1, 0.15) is 0 Å². The van der Waals surface area contributed by atoms with Crippen LogP contribution >= 0.6 is 0 Å². The average Bonchev–Trinajstić information content (AvgIpc) is 3.59. The highest BCUT2D eigenvalue weighted by Gasteiger charge is 2.58. The highest BCUT2D eigenvalue weighted by Crippen LogP contribution is 2.64. The standard InChI is InChI=1S/C21H23N5O2/c1-2-4-15(5-3-1)19-23-24-20(27-19)16-12-21(16)8-10-26(11-9-21)13-17-22-18(25-28-17)14-6-7-14/h1-5,14,16H,6-13H2/t16-/m0/s1. The maximum Gasteiger partial charge on any atom is 0.247 e. The van der Waals surface area contributed by atoms with Crippen molar-refractivity contribution in [1.82, 2.24) is 25.2 Å². The fourth-order valence-corrected chi connectivity index (χ4v) is 4.51. The second-order valence-corrected chi connectivity index (χ2v) is 8.53. The summed E-state index contributed by atoms with van der Waals surface area (Å²) in [6.45, 7) is 2.87. The molecular weight excluding hydrogens is 354 g/mol. The Morgan fingerprint density at radius 3 is 2.68 bits per heavy atom. The van der Waals surface area contributed by atoms with E-state index in [1.165, 1.54) is 12.8 Å². The van der Waals surface area contributed by atoms with Crippen molar-refractivity contribution in [1.29, 1.82) is 0 Å². The summed E-state index contributed by atoms with van der Waals surface area (Å²) in [7, 11) is 0. The van der Waals surface area contributed by atoms with Crippen LogP contribution in [0.2, 0.25) is 0 Å². The molecule has 0 amide bonds. The molecule has 1 saturated heterocycles. The number of rotatable bonds is 5. The second-order valence-electron chi connectivity index (χ2n) is 8.53. The Hall–Kier alpha value is -2.54. The summed E-state index contributed by atoms with van der Waals surface area (Å²) in [5.74, 6) is 4.04. The molecule has 6 rings (SSSR count). The number of piperidine rings is 1. The zero-order valence-electron chi connectivity index (χ0n) is 15.8. The third-order valence-corrected chi connectivity index (χ3v) is 6.59. The van der Waals surface area contributed by atoms with Crippen LogP contribution in [0.25, 0.3) is 11.5 Å². The van der Waals surface area contributed by atoms with Gasteiger partial charge in [-0.15, -0.1) is 10.2 Å². The van der Waals surface area contributed by atoms with Crippen LogP contribution in [0.3, 0.4) is 0 Å². The smallest absolute Gasteiger partial charge is 0.247 e. The van der Waals surface area contributed by atoms with Crippen molar-refractivity contribution in [2.45, 2.75) is 50.5 Å². The number of benzene rings is 1. The first-order valence-electron chi connectivity index (χ1n) is 10.2. The van der Waals surface area contributed by atoms with E-state index in [0.717, 1.165) is 62.1 Å². The molecule has 1 aromatic carbocycles. The number of hydrogen-bond acceptors (Lipinski definition) is 7. The minimum atomic E-state index is 0.338. The molecule has 0 unspecified atom stereocenters. The van der Waals surface area contributed by atoms with Crippen LogP contribution in [0.1, 0.15) is 61.5 Å². The number of nitrogens with zero attached hydrogens (tertiary/aromatic N) is 5. The molecule has 3 aromatic rings. The Labute approximate surface area is 163 Å². The molecule has 3 aliphatic rings. The lowest BCUT2D eigenvalue weighted by Gasteiger charge is -2.31. The monoisotopic (exact) mass is 377 g/mol. The van der Waals surface area contributed by atoms with Gasteiger partial charge in [-0.25, -0.2) is 0 Å². The second kappa shape index (κ2) is 6.24. The Morgan fingerprint density at radius 2 is 1.89 bits per heavy atom. The molecule has 2 aromatic heterocycles. The highest BCUT2D eigenvalue weighted by atomic mass is 16.5. The predicted octanol–water partition coefficient (Wildman–Crippen LogP) is 3.77. The van der Waals surface area contributed by atoms with Crippen LogP contribution in [-0.2, 0) is 6.54 Å². The lowest BCUT2D eigenvalue weighted by atomic mass is 9.91. The van der Waals surface area contributed by atoms with Gasteiger partial charge in [-0.3, -0.25) is 4.90 Å². The van der Waals surface area contributed by atoms with Gasteiger partial charge in [-0.05, 0) is 62.7 Å². The normalized spacial score (nSPS) is 23.9. The molecule has 7 nitrogen and oxygen atoms in total. The zero-order chi connectivity index (χ0) is 18.6. The molecule has 1 spiro atoms. The zero-order valence-corrected chi connectivity index (χ0v) is 15.8. The summed E-state index contributed by atoms with van der Waals surface area (Å²) in [4.78, 5) is 6.98. The molecule has 1 aliphatic heterocycles. The lowest BCUT2D eigenvalue weighted by molar-refractivity contribution is 0.144. The number of aromatic nitrogens is 4. The SMILES string of the molecule is c1ccc(-c2nnc([C@@H]3CC34CCN(Cc3nc(C5CC5)no3)CC4)o2)cc1. The molecule has 0 radical (unpaired) electrons. The molecule has 2 aliphatic carbocycles. The third kappa shape index (κ3) is 2.94. The summed E-state index contributed by atoms with van der Waals surface area (Å²) >= 11 is 0. The van der Waals surface area contributed by atoms with Crippen molar-refractivity contribution in [2.24, 2.45) is 5.41 Å². The van der Waals surface area contributed by atoms with Gasteiger partial charge < -0.3 is 8.94 Å². The van der Waals surface area contributed by atoms with Crippen molar-refractivity contribution < 1.29 is 8.94 Å². The van der Waals surface area contributed by atoms with E-state index < -0.39 is 0 Å². The molecule has 7 heteroatoms. The van der Waals surface area contributed by atoms with Crippen LogP contribution in [0.5, 0.6) is 0 Å². The maximum absolute atomic E-state index is 6.01. The van der Waals surface area contributed by atoms with E-state index in [1.54, 1.807) is 0 Å². The first-order valence-corrected chi connectivity index (χ1v) is 10.2. The van der Waals surface area contributed by atoms with Crippen LogP contribution in [-0.4, -0.2) is 38.3 Å². The van der Waals surface area contributed by atoms with Gasteiger partial charge in [0.25, 0.3) is 0 Å². The van der Waals surface area contributed by atoms with Crippen LogP contribution in [0.15, 0.2) is 39.3 Å². The van der Waals surface area contributed by atoms with E-state index in [4.69, 9.17) is 8.94 Å². The fraction of sp³-hybridized carbons (Fsp3) is 0.524. The number of hydrogen-bond donors (Lipinski definition) is 0. The highest BCUT2D eigenvalue weighted by molar-refractivity contribution is 5.51. The van der Waals surface area contributed by atoms with E-state index in [-0.39, 0.29) is 0 Å². The van der Waals surface area contributed by atoms with Crippen LogP contribution in [0, 0.1) is 5.41 Å². The van der Waals surface area contributed by atoms with E-state index in [1.807, 2.05) is 30.3 Å². The van der Waals surface area contributed by atoms with E-state index in [2.05, 4.69) is 25.2 Å². The Kier molecular flexibility index (Phi) is 3.66. The average molecular weight is 377 g/mol. The quantitative estimate of drug-likeness (QED) is 0.669. The molecular formula is C21H23N5O2. The van der Waals surface area contributed by atoms with Crippen LogP contribution in [0.4, 0.5) is 0 Å². The van der Waals surface area contributed by atoms with Crippen molar-refractivity contribution in [3.63, 3.8) is 0 Å². The topological polar surface area (TPSA) is 81.1 Å². The van der Waals surface area contributed by atoms with Crippen molar-refractivity contribution in [2.75, 3.05) is 13.1 Å². The van der Waals surface area contributed by atoms with E-state index >= 15 is 0 Å². The molecule has 0 N–H and O–H groups in total. The van der Waals surface area contributed by atoms with Crippen molar-refractivity contribution in [3.05, 3.63) is 47.9 Å². The molecule has 3 fully saturated rings. The fourth-order valence-electron chi connectivity index (χ4n) is 4.51. The van der Waals surface area contributed by atoms with Gasteiger partial charge in [-0.2, -0.15) is 4.98 Å². The van der Waals surface area contributed by atoms with Crippen molar-refractivity contribution >= 4 is 0 Å². The van der Waals surface area contributed by atoms with Gasteiger partial charge in [0.15, 0.2) is 5.82 Å². The summed E-state index contributed by atoms with van der Waals surface area (Å²) in [5.41, 5.74) is 1.32. The summed E-state index contributed by atoms with van der Waals surface area (Å²) in [6, 6.07) is 9.98. The molecule has 1 atom stereocenters. The van der Waals surface area contributed by atoms with E-state index in [0.29, 0.717) is 23.1 Å². The van der Waals surface area contributed by atoms with Gasteiger partial charge in [0, 0.05) is 17.4 Å². The number of likely N-dealkylation sites (tertiary alicyclic amines) is 1. The molecule has 3 heterocycles.